The van der Waals surface area contributed by atoms with Gasteiger partial charge in [-0.15, -0.1) is 0 Å². The normalized spacial score (nSPS) is 12.5. The van der Waals surface area contributed by atoms with Gasteiger partial charge in [-0.05, 0) is 24.3 Å². The van der Waals surface area contributed by atoms with Gasteiger partial charge >= 0.3 is 0 Å². The average Bonchev–Trinajstić information content (AvgIpc) is 2.16. The van der Waals surface area contributed by atoms with E-state index in [2.05, 4.69) is 0 Å². The molecule has 4 heteroatoms. The second-order valence-electron chi connectivity index (χ2n) is 2.71. The quantitative estimate of drug-likeness (QED) is 0.766. The van der Waals surface area contributed by atoms with E-state index in [1.165, 1.54) is 0 Å². The molecule has 0 amide bonds. The van der Waals surface area contributed by atoms with Gasteiger partial charge in [0.05, 0.1) is 12.6 Å². The molecule has 0 aliphatic carbocycles. The first-order valence-corrected chi connectivity index (χ1v) is 4.35. The highest BCUT2D eigenvalue weighted by atomic mass is 35.5. The molecule has 72 valence electrons. The topological polar surface area (TPSA) is 55.5 Å². The summed E-state index contributed by atoms with van der Waals surface area (Å²) in [7, 11) is 0. The van der Waals surface area contributed by atoms with Crippen LogP contribution in [-0.4, -0.2) is 24.4 Å². The molecule has 0 fully saturated rings. The smallest absolute Gasteiger partial charge is 0.119 e. The third-order valence-corrected chi connectivity index (χ3v) is 1.76. The molecule has 1 rings (SSSR count). The molecule has 0 bridgehead atoms. The zero-order chi connectivity index (χ0) is 9.68. The van der Waals surface area contributed by atoms with E-state index in [1.807, 2.05) is 0 Å². The summed E-state index contributed by atoms with van der Waals surface area (Å²) in [6.45, 7) is 0.228. The number of rotatable bonds is 4. The van der Waals surface area contributed by atoms with E-state index >= 15 is 0 Å². The number of ether oxygens (including phenoxy) is 1. The molecule has 0 aliphatic heterocycles. The van der Waals surface area contributed by atoms with E-state index in [9.17, 15) is 0 Å². The van der Waals surface area contributed by atoms with Crippen molar-refractivity contribution in [1.82, 2.24) is 0 Å². The zero-order valence-corrected chi connectivity index (χ0v) is 7.87. The second-order valence-corrected chi connectivity index (χ2v) is 3.14. The van der Waals surface area contributed by atoms with Gasteiger partial charge in [0.2, 0.25) is 0 Å². The van der Waals surface area contributed by atoms with Crippen LogP contribution >= 0.6 is 11.6 Å². The van der Waals surface area contributed by atoms with E-state index in [0.29, 0.717) is 17.4 Å². The van der Waals surface area contributed by atoms with E-state index in [0.717, 1.165) is 0 Å². The van der Waals surface area contributed by atoms with Crippen molar-refractivity contribution in [1.29, 1.82) is 0 Å². The van der Waals surface area contributed by atoms with Crippen molar-refractivity contribution < 1.29 is 9.84 Å². The van der Waals surface area contributed by atoms with Gasteiger partial charge in [0.1, 0.15) is 12.4 Å². The molecule has 13 heavy (non-hydrogen) atoms. The maximum Gasteiger partial charge on any atom is 0.119 e. The van der Waals surface area contributed by atoms with E-state index in [1.54, 1.807) is 24.3 Å². The minimum atomic E-state index is -0.337. The first-order chi connectivity index (χ1) is 6.22. The molecule has 3 nitrogen and oxygen atoms in total. The summed E-state index contributed by atoms with van der Waals surface area (Å²) in [6.07, 6.45) is 0. The Morgan fingerprint density at radius 3 is 2.54 bits per heavy atom. The number of benzene rings is 1. The minimum absolute atomic E-state index is 0.0758. The third-order valence-electron chi connectivity index (χ3n) is 1.51. The molecule has 1 aromatic rings. The van der Waals surface area contributed by atoms with Gasteiger partial charge in [0, 0.05) is 5.02 Å². The largest absolute Gasteiger partial charge is 0.492 e. The molecule has 0 spiro atoms. The summed E-state index contributed by atoms with van der Waals surface area (Å²) in [5, 5.41) is 9.30. The summed E-state index contributed by atoms with van der Waals surface area (Å²) >= 11 is 5.68. The first-order valence-electron chi connectivity index (χ1n) is 3.97. The van der Waals surface area contributed by atoms with Gasteiger partial charge in [-0.1, -0.05) is 11.6 Å². The molecule has 0 aliphatic rings. The van der Waals surface area contributed by atoms with Gasteiger partial charge in [0.25, 0.3) is 0 Å². The molecule has 3 N–H and O–H groups in total. The second kappa shape index (κ2) is 5.07. The van der Waals surface area contributed by atoms with Crippen LogP contribution in [0.1, 0.15) is 0 Å². The summed E-state index contributed by atoms with van der Waals surface area (Å²) in [5.74, 6) is 0.702. The number of halogens is 1. The summed E-state index contributed by atoms with van der Waals surface area (Å²) in [5.41, 5.74) is 5.45. The summed E-state index contributed by atoms with van der Waals surface area (Å²) in [4.78, 5) is 0. The Morgan fingerprint density at radius 2 is 2.00 bits per heavy atom. The first kappa shape index (κ1) is 10.3. The fraction of sp³-hybridized carbons (Fsp3) is 0.333. The van der Waals surface area contributed by atoms with Gasteiger partial charge in [-0.3, -0.25) is 0 Å². The number of hydrogen-bond donors (Lipinski definition) is 2. The fourth-order valence-corrected chi connectivity index (χ4v) is 0.913. The van der Waals surface area contributed by atoms with Crippen LogP contribution in [0.4, 0.5) is 0 Å². The third kappa shape index (κ3) is 3.63. The van der Waals surface area contributed by atoms with Crippen LogP contribution in [-0.2, 0) is 0 Å². The highest BCUT2D eigenvalue weighted by Gasteiger charge is 2.00. The molecule has 0 saturated heterocycles. The average molecular weight is 202 g/mol. The highest BCUT2D eigenvalue weighted by molar-refractivity contribution is 6.30. The molecular formula is C9H12ClNO2. The lowest BCUT2D eigenvalue weighted by Gasteiger charge is -2.10. The Balaban J connectivity index is 2.41. The van der Waals surface area contributed by atoms with Gasteiger partial charge in [-0.2, -0.15) is 0 Å². The highest BCUT2D eigenvalue weighted by Crippen LogP contribution is 2.15. The van der Waals surface area contributed by atoms with Crippen LogP contribution in [0.25, 0.3) is 0 Å². The van der Waals surface area contributed by atoms with Crippen LogP contribution in [0.5, 0.6) is 5.75 Å². The van der Waals surface area contributed by atoms with E-state index in [4.69, 9.17) is 27.2 Å². The van der Waals surface area contributed by atoms with Crippen LogP contribution in [0.15, 0.2) is 24.3 Å². The van der Waals surface area contributed by atoms with Crippen molar-refractivity contribution in [3.05, 3.63) is 29.3 Å². The molecule has 0 aromatic heterocycles. The van der Waals surface area contributed by atoms with Gasteiger partial charge in [0.15, 0.2) is 0 Å². The Kier molecular flexibility index (Phi) is 4.02. The van der Waals surface area contributed by atoms with Crippen molar-refractivity contribution in [2.45, 2.75) is 6.04 Å². The molecule has 1 atom stereocenters. The predicted octanol–water partition coefficient (Wildman–Crippen LogP) is 1.04. The Hall–Kier alpha value is -0.770. The van der Waals surface area contributed by atoms with Crippen molar-refractivity contribution >= 4 is 11.6 Å². The van der Waals surface area contributed by atoms with Crippen LogP contribution in [0, 0.1) is 0 Å². The molecule has 1 aromatic carbocycles. The minimum Gasteiger partial charge on any atom is -0.492 e. The van der Waals surface area contributed by atoms with Crippen molar-refractivity contribution in [3.63, 3.8) is 0 Å². The number of aliphatic hydroxyl groups excluding tert-OH is 1. The van der Waals surface area contributed by atoms with E-state index in [-0.39, 0.29) is 12.6 Å². The number of aliphatic hydroxyl groups is 1. The van der Waals surface area contributed by atoms with Crippen molar-refractivity contribution in [2.75, 3.05) is 13.2 Å². The summed E-state index contributed by atoms with van der Waals surface area (Å²) in [6, 6.07) is 6.65. The van der Waals surface area contributed by atoms with Gasteiger partial charge < -0.3 is 15.6 Å². The molecule has 0 heterocycles. The molecule has 0 radical (unpaired) electrons. The maximum atomic E-state index is 8.63. The molecule has 0 saturated carbocycles. The fourth-order valence-electron chi connectivity index (χ4n) is 0.787. The molecule has 1 unspecified atom stereocenters. The number of nitrogens with two attached hydrogens (primary N) is 1. The Morgan fingerprint density at radius 1 is 1.38 bits per heavy atom. The summed E-state index contributed by atoms with van der Waals surface area (Å²) < 4.78 is 5.27. The maximum absolute atomic E-state index is 8.63. The standard InChI is InChI=1S/C9H12ClNO2/c10-7-1-3-9(4-2-7)13-6-8(11)5-12/h1-4,8,12H,5-6,11H2. The Bertz CT molecular complexity index is 250. The monoisotopic (exact) mass is 201 g/mol. The lowest BCUT2D eigenvalue weighted by atomic mass is 10.3. The van der Waals surface area contributed by atoms with Gasteiger partial charge in [-0.25, -0.2) is 0 Å². The van der Waals surface area contributed by atoms with Crippen LogP contribution in [0.2, 0.25) is 5.02 Å². The van der Waals surface area contributed by atoms with Crippen molar-refractivity contribution in [2.24, 2.45) is 5.73 Å². The zero-order valence-electron chi connectivity index (χ0n) is 7.11. The van der Waals surface area contributed by atoms with Crippen molar-refractivity contribution in [3.8, 4) is 5.75 Å². The predicted molar refractivity (Wildman–Crippen MR) is 52.0 cm³/mol. The number of hydrogen-bond acceptors (Lipinski definition) is 3. The van der Waals surface area contributed by atoms with E-state index < -0.39 is 0 Å². The lowest BCUT2D eigenvalue weighted by molar-refractivity contribution is 0.206. The SMILES string of the molecule is NC(CO)COc1ccc(Cl)cc1. The lowest BCUT2D eigenvalue weighted by Crippen LogP contribution is -2.31. The molecular weight excluding hydrogens is 190 g/mol. The Labute approximate surface area is 82.1 Å². The van der Waals surface area contributed by atoms with Crippen LogP contribution < -0.4 is 10.5 Å². The van der Waals surface area contributed by atoms with Crippen LogP contribution in [0.3, 0.4) is 0 Å².